The Morgan fingerprint density at radius 1 is 1.58 bits per heavy atom. The van der Waals surface area contributed by atoms with Crippen molar-refractivity contribution in [1.82, 2.24) is 0 Å². The highest BCUT2D eigenvalue weighted by Crippen LogP contribution is 2.09. The van der Waals surface area contributed by atoms with Gasteiger partial charge in [-0.1, -0.05) is 12.1 Å². The normalized spacial score (nSPS) is 9.42. The second kappa shape index (κ2) is 4.04. The molecule has 0 heterocycles. The number of aliphatic hydroxyl groups is 1. The molecule has 64 valence electrons. The van der Waals surface area contributed by atoms with Crippen molar-refractivity contribution in [2.24, 2.45) is 5.73 Å². The van der Waals surface area contributed by atoms with Crippen LogP contribution in [0.25, 0.3) is 0 Å². The van der Waals surface area contributed by atoms with Gasteiger partial charge >= 0.3 is 0 Å². The van der Waals surface area contributed by atoms with Crippen molar-refractivity contribution in [2.75, 3.05) is 5.32 Å². The van der Waals surface area contributed by atoms with Crippen molar-refractivity contribution in [3.8, 4) is 0 Å². The summed E-state index contributed by atoms with van der Waals surface area (Å²) in [7, 11) is 0. The van der Waals surface area contributed by atoms with Crippen molar-refractivity contribution in [1.29, 1.82) is 0 Å². The number of rotatable bonds is 2. The summed E-state index contributed by atoms with van der Waals surface area (Å²) in [6.45, 7) is 0.0207. The van der Waals surface area contributed by atoms with E-state index in [9.17, 15) is 0 Å². The van der Waals surface area contributed by atoms with Crippen LogP contribution in [0.1, 0.15) is 5.56 Å². The number of nitrogens with two attached hydrogens (primary N) is 1. The number of thiocarbonyl (C=S) groups is 1. The predicted octanol–water partition coefficient (Wildman–Crippen LogP) is 0.834. The topological polar surface area (TPSA) is 58.3 Å². The van der Waals surface area contributed by atoms with Crippen molar-refractivity contribution in [3.63, 3.8) is 0 Å². The quantitative estimate of drug-likeness (QED) is 0.593. The average Bonchev–Trinajstić information content (AvgIpc) is 2.03. The van der Waals surface area contributed by atoms with Crippen LogP contribution in [0, 0.1) is 0 Å². The Bertz CT molecular complexity index is 288. The number of aliphatic hydroxyl groups excluding tert-OH is 1. The lowest BCUT2D eigenvalue weighted by Crippen LogP contribution is -2.18. The van der Waals surface area contributed by atoms with Gasteiger partial charge in [0.1, 0.15) is 0 Å². The summed E-state index contributed by atoms with van der Waals surface area (Å²) in [4.78, 5) is 0. The fourth-order valence-electron chi connectivity index (χ4n) is 0.890. The molecule has 0 fully saturated rings. The van der Waals surface area contributed by atoms with Crippen LogP contribution in [0.4, 0.5) is 5.69 Å². The molecule has 12 heavy (non-hydrogen) atoms. The lowest BCUT2D eigenvalue weighted by atomic mass is 10.2. The summed E-state index contributed by atoms with van der Waals surface area (Å²) in [5.41, 5.74) is 6.90. The van der Waals surface area contributed by atoms with E-state index in [0.717, 1.165) is 11.3 Å². The maximum Gasteiger partial charge on any atom is 0.168 e. The van der Waals surface area contributed by atoms with Gasteiger partial charge in [0.25, 0.3) is 0 Å². The molecule has 0 spiro atoms. The summed E-state index contributed by atoms with van der Waals surface area (Å²) < 4.78 is 0. The number of nitrogens with one attached hydrogen (secondary N) is 1. The smallest absolute Gasteiger partial charge is 0.168 e. The highest BCUT2D eigenvalue weighted by atomic mass is 32.1. The van der Waals surface area contributed by atoms with E-state index in [4.69, 9.17) is 10.8 Å². The molecule has 1 aromatic carbocycles. The minimum Gasteiger partial charge on any atom is -0.392 e. The van der Waals surface area contributed by atoms with Gasteiger partial charge in [0.15, 0.2) is 5.11 Å². The van der Waals surface area contributed by atoms with Crippen LogP contribution in [0.2, 0.25) is 0 Å². The van der Waals surface area contributed by atoms with Gasteiger partial charge in [-0.2, -0.15) is 0 Å². The molecule has 0 atom stereocenters. The Morgan fingerprint density at radius 2 is 2.33 bits per heavy atom. The van der Waals surface area contributed by atoms with Gasteiger partial charge in [-0.25, -0.2) is 0 Å². The van der Waals surface area contributed by atoms with Gasteiger partial charge < -0.3 is 16.2 Å². The van der Waals surface area contributed by atoms with Gasteiger partial charge in [0.2, 0.25) is 0 Å². The molecule has 3 nitrogen and oxygen atoms in total. The minimum absolute atomic E-state index is 0.0207. The zero-order chi connectivity index (χ0) is 8.97. The molecule has 0 aliphatic carbocycles. The number of hydrogen-bond donors (Lipinski definition) is 3. The van der Waals surface area contributed by atoms with Crippen LogP contribution in [0.5, 0.6) is 0 Å². The molecule has 0 aliphatic heterocycles. The zero-order valence-corrected chi connectivity index (χ0v) is 7.27. The van der Waals surface area contributed by atoms with Gasteiger partial charge in [-0.05, 0) is 29.9 Å². The van der Waals surface area contributed by atoms with E-state index in [1.807, 2.05) is 18.2 Å². The first kappa shape index (κ1) is 8.96. The van der Waals surface area contributed by atoms with E-state index in [2.05, 4.69) is 17.5 Å². The predicted molar refractivity (Wildman–Crippen MR) is 52.8 cm³/mol. The molecule has 4 N–H and O–H groups in total. The summed E-state index contributed by atoms with van der Waals surface area (Å²) in [5, 5.41) is 11.8. The van der Waals surface area contributed by atoms with Gasteiger partial charge in [0, 0.05) is 5.69 Å². The maximum absolute atomic E-state index is 8.80. The molecular formula is C8H10N2OS. The summed E-state index contributed by atoms with van der Waals surface area (Å²) >= 11 is 4.66. The van der Waals surface area contributed by atoms with Gasteiger partial charge in [-0.15, -0.1) is 0 Å². The first-order valence-corrected chi connectivity index (χ1v) is 3.89. The van der Waals surface area contributed by atoms with Crippen LogP contribution >= 0.6 is 12.2 Å². The third-order valence-corrected chi connectivity index (χ3v) is 1.48. The van der Waals surface area contributed by atoms with E-state index in [-0.39, 0.29) is 11.7 Å². The third-order valence-electron chi connectivity index (χ3n) is 1.38. The van der Waals surface area contributed by atoms with Gasteiger partial charge in [0.05, 0.1) is 6.61 Å². The highest BCUT2D eigenvalue weighted by molar-refractivity contribution is 7.80. The monoisotopic (exact) mass is 182 g/mol. The number of benzene rings is 1. The van der Waals surface area contributed by atoms with Crippen LogP contribution in [-0.2, 0) is 6.61 Å². The lowest BCUT2D eigenvalue weighted by molar-refractivity contribution is 0.282. The lowest BCUT2D eigenvalue weighted by Gasteiger charge is -2.04. The molecule has 0 aliphatic rings. The molecule has 0 radical (unpaired) electrons. The molecule has 0 aromatic heterocycles. The fourth-order valence-corrected chi connectivity index (χ4v) is 1.01. The first-order valence-electron chi connectivity index (χ1n) is 3.48. The molecule has 1 rings (SSSR count). The molecule has 0 saturated carbocycles. The Balaban J connectivity index is 2.79. The van der Waals surface area contributed by atoms with Crippen molar-refractivity contribution in [2.45, 2.75) is 6.61 Å². The molecule has 0 saturated heterocycles. The molecule has 4 heteroatoms. The standard InChI is InChI=1S/C8H10N2OS/c9-8(12)10-7-3-1-2-6(4-7)5-11/h1-4,11H,5H2,(H3,9,10,12). The Labute approximate surface area is 76.2 Å². The largest absolute Gasteiger partial charge is 0.392 e. The van der Waals surface area contributed by atoms with Crippen LogP contribution in [-0.4, -0.2) is 10.2 Å². The van der Waals surface area contributed by atoms with E-state index >= 15 is 0 Å². The van der Waals surface area contributed by atoms with Crippen LogP contribution in [0.15, 0.2) is 24.3 Å². The Hall–Kier alpha value is -1.13. The molecular weight excluding hydrogens is 172 g/mol. The highest BCUT2D eigenvalue weighted by Gasteiger charge is 1.94. The van der Waals surface area contributed by atoms with E-state index in [1.54, 1.807) is 6.07 Å². The Morgan fingerprint density at radius 3 is 2.92 bits per heavy atom. The number of hydrogen-bond acceptors (Lipinski definition) is 2. The maximum atomic E-state index is 8.80. The Kier molecular flexibility index (Phi) is 3.01. The zero-order valence-electron chi connectivity index (χ0n) is 6.45. The van der Waals surface area contributed by atoms with Crippen molar-refractivity contribution in [3.05, 3.63) is 29.8 Å². The molecule has 0 amide bonds. The van der Waals surface area contributed by atoms with E-state index in [1.165, 1.54) is 0 Å². The number of anilines is 1. The minimum atomic E-state index is 0.0207. The first-order chi connectivity index (χ1) is 5.72. The van der Waals surface area contributed by atoms with Crippen LogP contribution < -0.4 is 11.1 Å². The second-order valence-corrected chi connectivity index (χ2v) is 2.79. The summed E-state index contributed by atoms with van der Waals surface area (Å²) in [6.07, 6.45) is 0. The SMILES string of the molecule is NC(=S)Nc1cccc(CO)c1. The van der Waals surface area contributed by atoms with Crippen LogP contribution in [0.3, 0.4) is 0 Å². The van der Waals surface area contributed by atoms with Gasteiger partial charge in [-0.3, -0.25) is 0 Å². The van der Waals surface area contributed by atoms with E-state index < -0.39 is 0 Å². The fraction of sp³-hybridized carbons (Fsp3) is 0.125. The van der Waals surface area contributed by atoms with Crippen molar-refractivity contribution >= 4 is 23.0 Å². The second-order valence-electron chi connectivity index (χ2n) is 2.35. The molecule has 0 bridgehead atoms. The molecule has 0 unspecified atom stereocenters. The average molecular weight is 182 g/mol. The third kappa shape index (κ3) is 2.48. The van der Waals surface area contributed by atoms with E-state index in [0.29, 0.717) is 0 Å². The van der Waals surface area contributed by atoms with Crippen molar-refractivity contribution < 1.29 is 5.11 Å². The summed E-state index contributed by atoms with van der Waals surface area (Å²) in [5.74, 6) is 0. The summed E-state index contributed by atoms with van der Waals surface area (Å²) in [6, 6.07) is 7.27. The molecule has 1 aromatic rings.